The van der Waals surface area contributed by atoms with Gasteiger partial charge in [-0.2, -0.15) is 11.8 Å². The lowest BCUT2D eigenvalue weighted by Gasteiger charge is -2.32. The molecule has 5 heteroatoms. The van der Waals surface area contributed by atoms with E-state index in [1.165, 1.54) is 12.1 Å². The van der Waals surface area contributed by atoms with Crippen LogP contribution in [0.2, 0.25) is 0 Å². The van der Waals surface area contributed by atoms with E-state index in [0.717, 1.165) is 31.7 Å². The van der Waals surface area contributed by atoms with E-state index in [0.29, 0.717) is 12.2 Å². The summed E-state index contributed by atoms with van der Waals surface area (Å²) >= 11 is 1.69. The third-order valence-corrected chi connectivity index (χ3v) is 4.03. The van der Waals surface area contributed by atoms with E-state index in [9.17, 15) is 9.18 Å². The molecule has 1 aromatic rings. The van der Waals surface area contributed by atoms with Gasteiger partial charge in [-0.25, -0.2) is 4.39 Å². The van der Waals surface area contributed by atoms with Crippen LogP contribution in [-0.2, 0) is 4.79 Å². The Bertz CT molecular complexity index is 447. The van der Waals surface area contributed by atoms with Gasteiger partial charge >= 0.3 is 0 Å². The first-order valence-electron chi connectivity index (χ1n) is 6.88. The summed E-state index contributed by atoms with van der Waals surface area (Å²) < 4.78 is 18.8. The second kappa shape index (κ2) is 7.53. The Morgan fingerprint density at radius 2 is 2.20 bits per heavy atom. The molecule has 0 spiro atoms. The maximum Gasteiger partial charge on any atom is 0.223 e. The number of hydrogen-bond donors (Lipinski definition) is 0. The molecule has 2 rings (SSSR count). The largest absolute Gasteiger partial charge is 0.490 e. The molecule has 1 heterocycles. The molecule has 0 aromatic heterocycles. The summed E-state index contributed by atoms with van der Waals surface area (Å²) in [7, 11) is 0. The first kappa shape index (κ1) is 15.2. The number of carbonyl (C=O) groups is 1. The number of rotatable bonds is 5. The number of likely N-dealkylation sites (tertiary alicyclic amines) is 1. The van der Waals surface area contributed by atoms with Crippen LogP contribution in [0, 0.1) is 5.82 Å². The van der Waals surface area contributed by atoms with Crippen molar-refractivity contribution in [1.29, 1.82) is 0 Å². The molecule has 1 aliphatic heterocycles. The predicted molar refractivity (Wildman–Crippen MR) is 79.6 cm³/mol. The molecule has 0 radical (unpaired) electrons. The lowest BCUT2D eigenvalue weighted by atomic mass is 10.1. The van der Waals surface area contributed by atoms with Crippen molar-refractivity contribution < 1.29 is 13.9 Å². The lowest BCUT2D eigenvalue weighted by Crippen LogP contribution is -2.41. The van der Waals surface area contributed by atoms with Gasteiger partial charge in [0.25, 0.3) is 0 Å². The third kappa shape index (κ3) is 4.40. The SMILES string of the molecule is CSCCC(=O)N1CCC(Oc2cccc(F)c2)CC1. The number of benzene rings is 1. The van der Waals surface area contributed by atoms with E-state index in [4.69, 9.17) is 4.74 Å². The molecule has 1 amide bonds. The van der Waals surface area contributed by atoms with Gasteiger partial charge < -0.3 is 9.64 Å². The summed E-state index contributed by atoms with van der Waals surface area (Å²) in [5, 5.41) is 0. The van der Waals surface area contributed by atoms with Gasteiger partial charge in [0.1, 0.15) is 17.7 Å². The second-order valence-electron chi connectivity index (χ2n) is 4.90. The molecule has 0 aliphatic carbocycles. The number of halogens is 1. The number of nitrogens with zero attached hydrogens (tertiary/aromatic N) is 1. The summed E-state index contributed by atoms with van der Waals surface area (Å²) in [4.78, 5) is 13.8. The van der Waals surface area contributed by atoms with Crippen LogP contribution in [0.3, 0.4) is 0 Å². The van der Waals surface area contributed by atoms with Gasteiger partial charge in [0, 0.05) is 44.2 Å². The van der Waals surface area contributed by atoms with Crippen LogP contribution < -0.4 is 4.74 Å². The molecule has 1 aromatic carbocycles. The molecule has 1 aliphatic rings. The Hall–Kier alpha value is -1.23. The number of ether oxygens (including phenoxy) is 1. The predicted octanol–water partition coefficient (Wildman–Crippen LogP) is 2.95. The van der Waals surface area contributed by atoms with Gasteiger partial charge in [-0.3, -0.25) is 4.79 Å². The van der Waals surface area contributed by atoms with Gasteiger partial charge in [0.15, 0.2) is 0 Å². The first-order chi connectivity index (χ1) is 9.69. The number of hydrogen-bond acceptors (Lipinski definition) is 3. The molecule has 0 bridgehead atoms. The average molecular weight is 297 g/mol. The smallest absolute Gasteiger partial charge is 0.223 e. The van der Waals surface area contributed by atoms with Crippen LogP contribution in [0.4, 0.5) is 4.39 Å². The maximum atomic E-state index is 13.1. The molecule has 1 saturated heterocycles. The Morgan fingerprint density at radius 1 is 1.45 bits per heavy atom. The Kier molecular flexibility index (Phi) is 5.71. The number of amides is 1. The van der Waals surface area contributed by atoms with Crippen molar-refractivity contribution in [2.24, 2.45) is 0 Å². The van der Waals surface area contributed by atoms with Gasteiger partial charge in [-0.05, 0) is 18.4 Å². The number of piperidine rings is 1. The zero-order valence-electron chi connectivity index (χ0n) is 11.7. The third-order valence-electron chi connectivity index (χ3n) is 3.41. The number of thioether (sulfide) groups is 1. The fraction of sp³-hybridized carbons (Fsp3) is 0.533. The molecular formula is C15H20FNO2S. The van der Waals surface area contributed by atoms with E-state index in [1.807, 2.05) is 11.2 Å². The van der Waals surface area contributed by atoms with E-state index < -0.39 is 0 Å². The van der Waals surface area contributed by atoms with Crippen molar-refractivity contribution in [3.05, 3.63) is 30.1 Å². The fourth-order valence-corrected chi connectivity index (χ4v) is 2.68. The molecular weight excluding hydrogens is 277 g/mol. The topological polar surface area (TPSA) is 29.5 Å². The average Bonchev–Trinajstić information content (AvgIpc) is 2.45. The summed E-state index contributed by atoms with van der Waals surface area (Å²) in [5.41, 5.74) is 0. The van der Waals surface area contributed by atoms with Crippen molar-refractivity contribution in [1.82, 2.24) is 4.90 Å². The maximum absolute atomic E-state index is 13.1. The molecule has 0 unspecified atom stereocenters. The standard InChI is InChI=1S/C15H20FNO2S/c1-20-10-7-15(18)17-8-5-13(6-9-17)19-14-4-2-3-12(16)11-14/h2-4,11,13H,5-10H2,1H3. The number of carbonyl (C=O) groups excluding carboxylic acids is 1. The highest BCUT2D eigenvalue weighted by molar-refractivity contribution is 7.98. The molecule has 20 heavy (non-hydrogen) atoms. The van der Waals surface area contributed by atoms with Crippen LogP contribution in [0.1, 0.15) is 19.3 Å². The zero-order chi connectivity index (χ0) is 14.4. The zero-order valence-corrected chi connectivity index (χ0v) is 12.5. The molecule has 0 atom stereocenters. The van der Waals surface area contributed by atoms with Crippen LogP contribution in [0.15, 0.2) is 24.3 Å². The van der Waals surface area contributed by atoms with Crippen molar-refractivity contribution in [3.63, 3.8) is 0 Å². The highest BCUT2D eigenvalue weighted by Gasteiger charge is 2.23. The minimum absolute atomic E-state index is 0.0707. The second-order valence-corrected chi connectivity index (χ2v) is 5.88. The van der Waals surface area contributed by atoms with Crippen LogP contribution in [-0.4, -0.2) is 42.0 Å². The molecule has 110 valence electrons. The van der Waals surface area contributed by atoms with E-state index >= 15 is 0 Å². The van der Waals surface area contributed by atoms with Crippen LogP contribution >= 0.6 is 11.8 Å². The Morgan fingerprint density at radius 3 is 2.85 bits per heavy atom. The molecule has 0 N–H and O–H groups in total. The highest BCUT2D eigenvalue weighted by Crippen LogP contribution is 2.20. The summed E-state index contributed by atoms with van der Waals surface area (Å²) in [5.74, 6) is 1.38. The summed E-state index contributed by atoms with van der Waals surface area (Å²) in [6, 6.07) is 6.21. The Balaban J connectivity index is 1.78. The minimum Gasteiger partial charge on any atom is -0.490 e. The van der Waals surface area contributed by atoms with Crippen molar-refractivity contribution in [3.8, 4) is 5.75 Å². The van der Waals surface area contributed by atoms with E-state index in [-0.39, 0.29) is 17.8 Å². The normalized spacial score (nSPS) is 16.2. The van der Waals surface area contributed by atoms with Gasteiger partial charge in [-0.15, -0.1) is 0 Å². The highest BCUT2D eigenvalue weighted by atomic mass is 32.2. The van der Waals surface area contributed by atoms with Crippen molar-refractivity contribution >= 4 is 17.7 Å². The van der Waals surface area contributed by atoms with E-state index in [1.54, 1.807) is 23.9 Å². The van der Waals surface area contributed by atoms with E-state index in [2.05, 4.69) is 0 Å². The molecule has 1 fully saturated rings. The van der Waals surface area contributed by atoms with Gasteiger partial charge in [0.2, 0.25) is 5.91 Å². The Labute approximate surface area is 123 Å². The summed E-state index contributed by atoms with van der Waals surface area (Å²) in [6.07, 6.45) is 4.30. The lowest BCUT2D eigenvalue weighted by molar-refractivity contribution is -0.132. The van der Waals surface area contributed by atoms with Crippen molar-refractivity contribution in [2.75, 3.05) is 25.1 Å². The van der Waals surface area contributed by atoms with Crippen LogP contribution in [0.25, 0.3) is 0 Å². The fourth-order valence-electron chi connectivity index (χ4n) is 2.30. The van der Waals surface area contributed by atoms with Crippen molar-refractivity contribution in [2.45, 2.75) is 25.4 Å². The van der Waals surface area contributed by atoms with Gasteiger partial charge in [0.05, 0.1) is 0 Å². The monoisotopic (exact) mass is 297 g/mol. The minimum atomic E-state index is -0.285. The molecule has 0 saturated carbocycles. The summed E-state index contributed by atoms with van der Waals surface area (Å²) in [6.45, 7) is 1.46. The molecule has 3 nitrogen and oxygen atoms in total. The quantitative estimate of drug-likeness (QED) is 0.837. The van der Waals surface area contributed by atoms with Crippen LogP contribution in [0.5, 0.6) is 5.75 Å². The first-order valence-corrected chi connectivity index (χ1v) is 8.27. The van der Waals surface area contributed by atoms with Gasteiger partial charge in [-0.1, -0.05) is 6.07 Å².